The zero-order chi connectivity index (χ0) is 8.55. The number of pyridine rings is 1. The molecule has 0 amide bonds. The summed E-state index contributed by atoms with van der Waals surface area (Å²) in [5.74, 6) is 1.20. The van der Waals surface area contributed by atoms with Crippen molar-refractivity contribution >= 4 is 11.6 Å². The van der Waals surface area contributed by atoms with Crippen molar-refractivity contribution in [1.82, 2.24) is 4.98 Å². The Morgan fingerprint density at radius 3 is 3.08 bits per heavy atom. The highest BCUT2D eigenvalue weighted by Crippen LogP contribution is 2.48. The van der Waals surface area contributed by atoms with Gasteiger partial charge in [-0.1, -0.05) is 17.7 Å². The number of aromatic nitrogens is 1. The van der Waals surface area contributed by atoms with E-state index in [9.17, 15) is 0 Å². The molecule has 0 unspecified atom stereocenters. The van der Waals surface area contributed by atoms with Crippen molar-refractivity contribution in [3.05, 3.63) is 29.0 Å². The van der Waals surface area contributed by atoms with E-state index in [0.29, 0.717) is 17.0 Å². The molecule has 12 heavy (non-hydrogen) atoms. The minimum absolute atomic E-state index is 0.566. The molecular formula is C9H11ClN2. The van der Waals surface area contributed by atoms with Gasteiger partial charge in [0.25, 0.3) is 0 Å². The maximum Gasteiger partial charge on any atom is 0.132 e. The Kier molecular flexibility index (Phi) is 2.03. The number of hydrogen-bond donors (Lipinski definition) is 1. The van der Waals surface area contributed by atoms with E-state index in [-0.39, 0.29) is 0 Å². The molecular weight excluding hydrogens is 172 g/mol. The van der Waals surface area contributed by atoms with E-state index in [1.807, 2.05) is 12.1 Å². The van der Waals surface area contributed by atoms with E-state index in [4.69, 9.17) is 17.3 Å². The first-order valence-corrected chi connectivity index (χ1v) is 4.51. The summed E-state index contributed by atoms with van der Waals surface area (Å²) in [6.07, 6.45) is 2.88. The van der Waals surface area contributed by atoms with Crippen molar-refractivity contribution in [1.29, 1.82) is 0 Å². The summed E-state index contributed by atoms with van der Waals surface area (Å²) in [6, 6.07) is 3.96. The van der Waals surface area contributed by atoms with Crippen LogP contribution in [0.5, 0.6) is 0 Å². The van der Waals surface area contributed by atoms with Gasteiger partial charge in [0, 0.05) is 6.20 Å². The summed E-state index contributed by atoms with van der Waals surface area (Å²) >= 11 is 5.93. The molecule has 1 aromatic heterocycles. The number of nitrogens with zero attached hydrogens (tertiary/aromatic N) is 1. The zero-order valence-corrected chi connectivity index (χ0v) is 7.46. The second kappa shape index (κ2) is 3.04. The van der Waals surface area contributed by atoms with Crippen molar-refractivity contribution in [3.8, 4) is 0 Å². The van der Waals surface area contributed by atoms with Crippen molar-refractivity contribution in [3.63, 3.8) is 0 Å². The fraction of sp³-hybridized carbons (Fsp3) is 0.444. The summed E-state index contributed by atoms with van der Waals surface area (Å²) in [7, 11) is 0. The highest BCUT2D eigenvalue weighted by Gasteiger charge is 2.38. The van der Waals surface area contributed by atoms with Gasteiger partial charge in [-0.3, -0.25) is 0 Å². The Balaban J connectivity index is 2.19. The van der Waals surface area contributed by atoms with Crippen LogP contribution in [0.1, 0.15) is 17.9 Å². The van der Waals surface area contributed by atoms with Gasteiger partial charge in [-0.05, 0) is 36.4 Å². The van der Waals surface area contributed by atoms with Gasteiger partial charge >= 0.3 is 0 Å². The van der Waals surface area contributed by atoms with Crippen LogP contribution in [0.25, 0.3) is 0 Å². The molecule has 2 N–H and O–H groups in total. The van der Waals surface area contributed by atoms with Gasteiger partial charge < -0.3 is 5.73 Å². The molecule has 0 radical (unpaired) electrons. The molecule has 2 rings (SSSR count). The molecule has 64 valence electrons. The second-order valence-electron chi connectivity index (χ2n) is 3.22. The summed E-state index contributed by atoms with van der Waals surface area (Å²) < 4.78 is 0. The lowest BCUT2D eigenvalue weighted by Crippen LogP contribution is -2.02. The van der Waals surface area contributed by atoms with Gasteiger partial charge in [0.05, 0.1) is 0 Å². The average molecular weight is 183 g/mol. The Bertz CT molecular complexity index is 288. The molecule has 1 aliphatic rings. The average Bonchev–Trinajstić information content (AvgIpc) is 2.84. The maximum absolute atomic E-state index is 5.93. The van der Waals surface area contributed by atoms with Gasteiger partial charge in [-0.2, -0.15) is 0 Å². The van der Waals surface area contributed by atoms with Crippen LogP contribution in [-0.2, 0) is 0 Å². The van der Waals surface area contributed by atoms with Crippen LogP contribution < -0.4 is 5.73 Å². The molecule has 3 heteroatoms. The third kappa shape index (κ3) is 1.32. The molecule has 1 heterocycles. The van der Waals surface area contributed by atoms with Crippen molar-refractivity contribution < 1.29 is 0 Å². The van der Waals surface area contributed by atoms with Crippen LogP contribution >= 0.6 is 11.6 Å². The van der Waals surface area contributed by atoms with Gasteiger partial charge in [0.15, 0.2) is 0 Å². The molecule has 2 atom stereocenters. The summed E-state index contributed by atoms with van der Waals surface area (Å²) in [5, 5.41) is 0.637. The molecule has 2 nitrogen and oxygen atoms in total. The minimum Gasteiger partial charge on any atom is -0.330 e. The first kappa shape index (κ1) is 8.02. The first-order valence-electron chi connectivity index (χ1n) is 4.13. The van der Waals surface area contributed by atoms with E-state index < -0.39 is 0 Å². The van der Waals surface area contributed by atoms with Crippen molar-refractivity contribution in [2.45, 2.75) is 12.3 Å². The summed E-state index contributed by atoms with van der Waals surface area (Å²) in [6.45, 7) is 0.760. The number of halogens is 1. The molecule has 0 saturated heterocycles. The maximum atomic E-state index is 5.93. The highest BCUT2D eigenvalue weighted by molar-refractivity contribution is 6.30. The van der Waals surface area contributed by atoms with E-state index >= 15 is 0 Å². The molecule has 0 aromatic carbocycles. The largest absolute Gasteiger partial charge is 0.330 e. The minimum atomic E-state index is 0.566. The van der Waals surface area contributed by atoms with Gasteiger partial charge in [0.1, 0.15) is 5.15 Å². The number of nitrogens with two attached hydrogens (primary N) is 1. The third-order valence-corrected chi connectivity index (χ3v) is 2.73. The monoisotopic (exact) mass is 182 g/mol. The van der Waals surface area contributed by atoms with Crippen LogP contribution in [0.15, 0.2) is 18.3 Å². The Hall–Kier alpha value is -0.600. The van der Waals surface area contributed by atoms with Crippen LogP contribution in [0, 0.1) is 5.92 Å². The SMILES string of the molecule is NC[C@@H]1C[C@H]1c1cccnc1Cl. The molecule has 1 aliphatic carbocycles. The normalized spacial score (nSPS) is 27.2. The quantitative estimate of drug-likeness (QED) is 0.709. The lowest BCUT2D eigenvalue weighted by Gasteiger charge is -1.99. The van der Waals surface area contributed by atoms with E-state index in [0.717, 1.165) is 12.1 Å². The predicted octanol–water partition coefficient (Wildman–Crippen LogP) is 1.80. The van der Waals surface area contributed by atoms with Gasteiger partial charge in [0.2, 0.25) is 0 Å². The van der Waals surface area contributed by atoms with Crippen LogP contribution in [0.3, 0.4) is 0 Å². The molecule has 1 aromatic rings. The molecule has 0 bridgehead atoms. The van der Waals surface area contributed by atoms with Gasteiger partial charge in [-0.15, -0.1) is 0 Å². The van der Waals surface area contributed by atoms with Gasteiger partial charge in [-0.25, -0.2) is 4.98 Å². The summed E-state index contributed by atoms with van der Waals surface area (Å²) in [5.41, 5.74) is 6.71. The Labute approximate surface area is 76.7 Å². The Morgan fingerprint density at radius 1 is 1.67 bits per heavy atom. The molecule has 1 fully saturated rings. The first-order chi connectivity index (χ1) is 5.83. The number of hydrogen-bond acceptors (Lipinski definition) is 2. The highest BCUT2D eigenvalue weighted by atomic mass is 35.5. The molecule has 1 saturated carbocycles. The van der Waals surface area contributed by atoms with Crippen molar-refractivity contribution in [2.24, 2.45) is 11.7 Å². The Morgan fingerprint density at radius 2 is 2.50 bits per heavy atom. The predicted molar refractivity (Wildman–Crippen MR) is 49.1 cm³/mol. The van der Waals surface area contributed by atoms with Crippen LogP contribution in [-0.4, -0.2) is 11.5 Å². The topological polar surface area (TPSA) is 38.9 Å². The van der Waals surface area contributed by atoms with E-state index in [2.05, 4.69) is 4.98 Å². The lowest BCUT2D eigenvalue weighted by molar-refractivity contribution is 0.808. The number of rotatable bonds is 2. The van der Waals surface area contributed by atoms with Crippen LogP contribution in [0.2, 0.25) is 5.15 Å². The van der Waals surface area contributed by atoms with E-state index in [1.54, 1.807) is 6.20 Å². The molecule has 0 spiro atoms. The lowest BCUT2D eigenvalue weighted by atomic mass is 10.1. The van der Waals surface area contributed by atoms with Crippen molar-refractivity contribution in [2.75, 3.05) is 6.54 Å². The molecule has 0 aliphatic heterocycles. The van der Waals surface area contributed by atoms with E-state index in [1.165, 1.54) is 6.42 Å². The van der Waals surface area contributed by atoms with Crippen LogP contribution in [0.4, 0.5) is 0 Å². The fourth-order valence-electron chi connectivity index (χ4n) is 1.56. The third-order valence-electron chi connectivity index (χ3n) is 2.41. The zero-order valence-electron chi connectivity index (χ0n) is 6.70. The smallest absolute Gasteiger partial charge is 0.132 e. The second-order valence-corrected chi connectivity index (χ2v) is 3.58. The summed E-state index contributed by atoms with van der Waals surface area (Å²) in [4.78, 5) is 4.03. The standard InChI is InChI=1S/C9H11ClN2/c10-9-7(2-1-3-12-9)8-4-6(8)5-11/h1-3,6,8H,4-5,11H2/t6-,8+/m0/s1. The fourth-order valence-corrected chi connectivity index (χ4v) is 1.82.